The smallest absolute Gasteiger partial charge is 0.416 e. The predicted molar refractivity (Wildman–Crippen MR) is 122 cm³/mol. The van der Waals surface area contributed by atoms with Gasteiger partial charge in [0.2, 0.25) is 0 Å². The zero-order valence-corrected chi connectivity index (χ0v) is 18.6. The van der Waals surface area contributed by atoms with Crippen molar-refractivity contribution >= 4 is 29.3 Å². The van der Waals surface area contributed by atoms with Crippen LogP contribution in [0.25, 0.3) is 0 Å². The molecule has 4 N–H and O–H groups in total. The number of halogens is 4. The summed E-state index contributed by atoms with van der Waals surface area (Å²) >= 11 is 6.12. The minimum Gasteiger partial charge on any atom is -0.505 e. The third-order valence-electron chi connectivity index (χ3n) is 4.98. The Bertz CT molecular complexity index is 1310. The number of aliphatic carboxylic acids is 1. The summed E-state index contributed by atoms with van der Waals surface area (Å²) in [6.07, 6.45) is -4.11. The molecule has 2 aromatic carbocycles. The van der Waals surface area contributed by atoms with E-state index < -0.39 is 53.2 Å². The Morgan fingerprint density at radius 3 is 2.46 bits per heavy atom. The van der Waals surface area contributed by atoms with Gasteiger partial charge in [-0.2, -0.15) is 13.2 Å². The molecule has 12 heteroatoms. The molecule has 1 heterocycles. The largest absolute Gasteiger partial charge is 0.505 e. The number of carboxylic acid groups (broad SMARTS) is 1. The van der Waals surface area contributed by atoms with E-state index in [1.807, 2.05) is 0 Å². The number of anilines is 1. The van der Waals surface area contributed by atoms with Crippen LogP contribution in [0.2, 0.25) is 5.02 Å². The molecule has 0 spiro atoms. The molecule has 0 aliphatic carbocycles. The number of pyridine rings is 1. The van der Waals surface area contributed by atoms with Crippen LogP contribution < -0.4 is 16.2 Å². The normalized spacial score (nSPS) is 12.1. The SMILES string of the molecule is O=C(O)C[C@H](NC(=O)Nc1c(O)ccn(Cc2ccccc2Cl)c1=O)c1cccc(C(F)(F)F)c1. The van der Waals surface area contributed by atoms with Crippen LogP contribution in [0.5, 0.6) is 5.75 Å². The van der Waals surface area contributed by atoms with Crippen molar-refractivity contribution in [3.8, 4) is 5.75 Å². The molecular formula is C23H19ClF3N3O5. The molecule has 0 fully saturated rings. The van der Waals surface area contributed by atoms with Crippen molar-refractivity contribution in [2.75, 3.05) is 5.32 Å². The lowest BCUT2D eigenvalue weighted by Crippen LogP contribution is -2.36. The molecule has 1 aromatic heterocycles. The Morgan fingerprint density at radius 2 is 1.80 bits per heavy atom. The molecule has 3 aromatic rings. The van der Waals surface area contributed by atoms with Crippen molar-refractivity contribution in [1.29, 1.82) is 0 Å². The number of aromatic nitrogens is 1. The predicted octanol–water partition coefficient (Wildman–Crippen LogP) is 4.61. The second kappa shape index (κ2) is 10.5. The number of carboxylic acids is 1. The van der Waals surface area contributed by atoms with E-state index in [9.17, 15) is 32.7 Å². The van der Waals surface area contributed by atoms with Crippen LogP contribution in [0.15, 0.2) is 65.6 Å². The Labute approximate surface area is 201 Å². The molecule has 184 valence electrons. The summed E-state index contributed by atoms with van der Waals surface area (Å²) in [6.45, 7) is 0.0287. The first-order chi connectivity index (χ1) is 16.5. The summed E-state index contributed by atoms with van der Waals surface area (Å²) in [5.74, 6) is -1.94. The fraction of sp³-hybridized carbons (Fsp3) is 0.174. The number of aromatic hydroxyl groups is 1. The zero-order valence-electron chi connectivity index (χ0n) is 17.8. The number of urea groups is 1. The van der Waals surface area contributed by atoms with Crippen molar-refractivity contribution in [1.82, 2.24) is 9.88 Å². The molecule has 0 aliphatic heterocycles. The average molecular weight is 510 g/mol. The second-order valence-corrected chi connectivity index (χ2v) is 7.88. The van der Waals surface area contributed by atoms with Crippen molar-refractivity contribution in [2.24, 2.45) is 0 Å². The van der Waals surface area contributed by atoms with E-state index in [-0.39, 0.29) is 12.1 Å². The monoisotopic (exact) mass is 509 g/mol. The zero-order chi connectivity index (χ0) is 25.8. The molecule has 3 rings (SSSR count). The Hall–Kier alpha value is -3.99. The van der Waals surface area contributed by atoms with Gasteiger partial charge in [-0.3, -0.25) is 9.59 Å². The Kier molecular flexibility index (Phi) is 7.70. The number of hydrogen-bond donors (Lipinski definition) is 4. The van der Waals surface area contributed by atoms with Gasteiger partial charge >= 0.3 is 18.2 Å². The van der Waals surface area contributed by atoms with Gasteiger partial charge in [-0.25, -0.2) is 4.79 Å². The third kappa shape index (κ3) is 6.54. The van der Waals surface area contributed by atoms with Gasteiger partial charge in [-0.1, -0.05) is 41.9 Å². The van der Waals surface area contributed by atoms with Gasteiger partial charge in [0.05, 0.1) is 24.6 Å². The molecule has 8 nitrogen and oxygen atoms in total. The highest BCUT2D eigenvalue weighted by Crippen LogP contribution is 2.31. The van der Waals surface area contributed by atoms with E-state index in [0.717, 1.165) is 24.3 Å². The molecule has 0 aliphatic rings. The fourth-order valence-electron chi connectivity index (χ4n) is 3.28. The van der Waals surface area contributed by atoms with E-state index in [2.05, 4.69) is 10.6 Å². The summed E-state index contributed by atoms with van der Waals surface area (Å²) in [4.78, 5) is 36.7. The molecule has 0 unspecified atom stereocenters. The molecule has 0 bridgehead atoms. The number of carbonyl (C=O) groups is 2. The van der Waals surface area contributed by atoms with E-state index in [1.54, 1.807) is 24.3 Å². The van der Waals surface area contributed by atoms with E-state index in [4.69, 9.17) is 16.7 Å². The maximum Gasteiger partial charge on any atom is 0.416 e. The first-order valence-corrected chi connectivity index (χ1v) is 10.5. The number of alkyl halides is 3. The van der Waals surface area contributed by atoms with Crippen molar-refractivity contribution in [2.45, 2.75) is 25.2 Å². The number of amides is 2. The summed E-state index contributed by atoms with van der Waals surface area (Å²) in [5, 5.41) is 24.1. The Balaban J connectivity index is 1.84. The quantitative estimate of drug-likeness (QED) is 0.370. The van der Waals surface area contributed by atoms with E-state index in [0.29, 0.717) is 10.6 Å². The summed E-state index contributed by atoms with van der Waals surface area (Å²) in [7, 11) is 0. The molecular weight excluding hydrogens is 491 g/mol. The van der Waals surface area contributed by atoms with Crippen LogP contribution in [0, 0.1) is 0 Å². The molecule has 1 atom stereocenters. The second-order valence-electron chi connectivity index (χ2n) is 7.47. The molecule has 35 heavy (non-hydrogen) atoms. The molecule has 0 saturated heterocycles. The van der Waals surface area contributed by atoms with Gasteiger partial charge in [-0.05, 0) is 35.4 Å². The van der Waals surface area contributed by atoms with Gasteiger partial charge < -0.3 is 25.4 Å². The highest BCUT2D eigenvalue weighted by molar-refractivity contribution is 6.31. The number of hydrogen-bond acceptors (Lipinski definition) is 4. The molecule has 0 radical (unpaired) electrons. The highest BCUT2D eigenvalue weighted by Gasteiger charge is 2.31. The highest BCUT2D eigenvalue weighted by atomic mass is 35.5. The van der Waals surface area contributed by atoms with Gasteiger partial charge in [0.25, 0.3) is 5.56 Å². The standard InChI is InChI=1S/C23H19ClF3N3O5/c24-16-7-2-1-4-14(16)12-30-9-8-18(31)20(21(30)34)29-22(35)28-17(11-19(32)33)13-5-3-6-15(10-13)23(25,26)27/h1-10,17,31H,11-12H2,(H,32,33)(H2,28,29,35)/t17-/m0/s1. The first-order valence-electron chi connectivity index (χ1n) is 10.1. The minimum atomic E-state index is -4.67. The third-order valence-corrected chi connectivity index (χ3v) is 5.35. The number of nitrogens with one attached hydrogen (secondary N) is 2. The van der Waals surface area contributed by atoms with Crippen LogP contribution in [-0.2, 0) is 17.5 Å². The summed E-state index contributed by atoms with van der Waals surface area (Å²) in [5.41, 5.74) is -1.81. The van der Waals surface area contributed by atoms with Crippen LogP contribution in [0.4, 0.5) is 23.7 Å². The van der Waals surface area contributed by atoms with Gasteiger partial charge in [0, 0.05) is 11.2 Å². The number of carbonyl (C=O) groups excluding carboxylic acids is 1. The van der Waals surface area contributed by atoms with E-state index >= 15 is 0 Å². The summed E-state index contributed by atoms with van der Waals surface area (Å²) in [6, 6.07) is 9.31. The number of nitrogens with zero attached hydrogens (tertiary/aromatic N) is 1. The van der Waals surface area contributed by atoms with Crippen LogP contribution in [0.1, 0.15) is 29.2 Å². The van der Waals surface area contributed by atoms with Crippen molar-refractivity contribution in [3.63, 3.8) is 0 Å². The fourth-order valence-corrected chi connectivity index (χ4v) is 3.48. The van der Waals surface area contributed by atoms with Gasteiger partial charge in [-0.15, -0.1) is 0 Å². The lowest BCUT2D eigenvalue weighted by Gasteiger charge is -2.19. The van der Waals surface area contributed by atoms with Crippen LogP contribution in [0.3, 0.4) is 0 Å². The maximum atomic E-state index is 13.1. The van der Waals surface area contributed by atoms with Gasteiger partial charge in [0.1, 0.15) is 5.75 Å². The van der Waals surface area contributed by atoms with Crippen LogP contribution >= 0.6 is 11.6 Å². The number of rotatable bonds is 7. The molecule has 0 saturated carbocycles. The van der Waals surface area contributed by atoms with E-state index in [1.165, 1.54) is 16.8 Å². The first kappa shape index (κ1) is 25.6. The van der Waals surface area contributed by atoms with Crippen molar-refractivity contribution in [3.05, 3.63) is 92.9 Å². The minimum absolute atomic E-state index is 0.0287. The van der Waals surface area contributed by atoms with Crippen molar-refractivity contribution < 1.29 is 33.0 Å². The topological polar surface area (TPSA) is 121 Å². The lowest BCUT2D eigenvalue weighted by atomic mass is 10.0. The van der Waals surface area contributed by atoms with Gasteiger partial charge in [0.15, 0.2) is 5.69 Å². The van der Waals surface area contributed by atoms with Crippen LogP contribution in [-0.4, -0.2) is 26.8 Å². The average Bonchev–Trinajstić information content (AvgIpc) is 2.78. The summed E-state index contributed by atoms with van der Waals surface area (Å²) < 4.78 is 40.4. The Morgan fingerprint density at radius 1 is 1.09 bits per heavy atom. The molecule has 2 amide bonds. The number of benzene rings is 2. The maximum absolute atomic E-state index is 13.1. The lowest BCUT2D eigenvalue weighted by molar-refractivity contribution is -0.138.